The van der Waals surface area contributed by atoms with Crippen molar-refractivity contribution in [3.8, 4) is 0 Å². The predicted molar refractivity (Wildman–Crippen MR) is 98.3 cm³/mol. The Hall–Kier alpha value is -3.13. The number of fused-ring (bicyclic) bond motifs is 2. The maximum Gasteiger partial charge on any atom is 0.338 e. The summed E-state index contributed by atoms with van der Waals surface area (Å²) in [6.07, 6.45) is 3.95. The van der Waals surface area contributed by atoms with E-state index in [1.165, 1.54) is 17.9 Å². The van der Waals surface area contributed by atoms with Gasteiger partial charge in [-0.2, -0.15) is 0 Å². The second-order valence-electron chi connectivity index (χ2n) is 5.80. The van der Waals surface area contributed by atoms with Gasteiger partial charge in [0, 0.05) is 0 Å². The summed E-state index contributed by atoms with van der Waals surface area (Å²) in [5.74, 6) is -0.307. The normalized spacial score (nSPS) is 14.5. The third-order valence-electron chi connectivity index (χ3n) is 4.33. The maximum atomic E-state index is 12.2. The standard InChI is InChI=1S/C22H16O2/c1-24-22(23)21-14-18-8-4-5-9-19(18)20(21)13-15-10-11-16-6-2-3-7-17(16)12-15/h2-14H,1H3/b20-13+. The molecule has 3 aromatic rings. The Morgan fingerprint density at radius 3 is 2.50 bits per heavy atom. The summed E-state index contributed by atoms with van der Waals surface area (Å²) in [7, 11) is 1.42. The molecule has 1 aliphatic carbocycles. The molecule has 3 aromatic carbocycles. The van der Waals surface area contributed by atoms with Crippen molar-refractivity contribution < 1.29 is 9.53 Å². The van der Waals surface area contributed by atoms with Gasteiger partial charge in [-0.1, -0.05) is 60.7 Å². The first-order valence-corrected chi connectivity index (χ1v) is 7.86. The molecule has 0 spiro atoms. The minimum atomic E-state index is -0.307. The minimum absolute atomic E-state index is 0.307. The molecule has 0 aliphatic heterocycles. The van der Waals surface area contributed by atoms with E-state index in [9.17, 15) is 4.79 Å². The second kappa shape index (κ2) is 5.82. The highest BCUT2D eigenvalue weighted by molar-refractivity contribution is 6.18. The SMILES string of the molecule is COC(=O)C1=Cc2ccccc2/C1=C\c1ccc2ccccc2c1. The van der Waals surface area contributed by atoms with E-state index < -0.39 is 0 Å². The Labute approximate surface area is 140 Å². The summed E-state index contributed by atoms with van der Waals surface area (Å²) in [4.78, 5) is 12.2. The summed E-state index contributed by atoms with van der Waals surface area (Å²) in [6.45, 7) is 0. The van der Waals surface area contributed by atoms with E-state index in [-0.39, 0.29) is 5.97 Å². The number of benzene rings is 3. The molecule has 1 aliphatic rings. The number of esters is 1. The van der Waals surface area contributed by atoms with E-state index in [2.05, 4.69) is 36.4 Å². The van der Waals surface area contributed by atoms with Gasteiger partial charge in [0.1, 0.15) is 0 Å². The molecular formula is C22H16O2. The van der Waals surface area contributed by atoms with Gasteiger partial charge in [0.25, 0.3) is 0 Å². The Kier molecular flexibility index (Phi) is 3.51. The Morgan fingerprint density at radius 1 is 0.917 bits per heavy atom. The van der Waals surface area contributed by atoms with Gasteiger partial charge in [0.15, 0.2) is 0 Å². The zero-order valence-corrected chi connectivity index (χ0v) is 13.3. The fourth-order valence-electron chi connectivity index (χ4n) is 3.15. The van der Waals surface area contributed by atoms with Crippen LogP contribution in [0.25, 0.3) is 28.5 Å². The van der Waals surface area contributed by atoms with Crippen LogP contribution in [0.3, 0.4) is 0 Å². The van der Waals surface area contributed by atoms with Crippen LogP contribution in [0.2, 0.25) is 0 Å². The van der Waals surface area contributed by atoms with E-state index in [0.717, 1.165) is 22.3 Å². The van der Waals surface area contributed by atoms with Crippen molar-refractivity contribution in [2.75, 3.05) is 7.11 Å². The third kappa shape index (κ3) is 2.42. The number of carbonyl (C=O) groups excluding carboxylic acids is 1. The van der Waals surface area contributed by atoms with E-state index in [1.54, 1.807) is 0 Å². The zero-order valence-electron chi connectivity index (χ0n) is 13.3. The molecule has 0 N–H and O–H groups in total. The van der Waals surface area contributed by atoms with Gasteiger partial charge in [-0.15, -0.1) is 0 Å². The van der Waals surface area contributed by atoms with Crippen LogP contribution in [-0.4, -0.2) is 13.1 Å². The Bertz CT molecular complexity index is 1010. The van der Waals surface area contributed by atoms with Crippen LogP contribution in [0.4, 0.5) is 0 Å². The fourth-order valence-corrected chi connectivity index (χ4v) is 3.15. The molecule has 0 bridgehead atoms. The molecule has 2 nitrogen and oxygen atoms in total. The van der Waals surface area contributed by atoms with Crippen LogP contribution >= 0.6 is 0 Å². The minimum Gasteiger partial charge on any atom is -0.465 e. The largest absolute Gasteiger partial charge is 0.465 e. The van der Waals surface area contributed by atoms with Gasteiger partial charge >= 0.3 is 5.97 Å². The highest BCUT2D eigenvalue weighted by atomic mass is 16.5. The summed E-state index contributed by atoms with van der Waals surface area (Å²) in [5.41, 5.74) is 4.69. The predicted octanol–water partition coefficient (Wildman–Crippen LogP) is 4.95. The van der Waals surface area contributed by atoms with Crippen LogP contribution in [0.15, 0.2) is 72.3 Å². The van der Waals surface area contributed by atoms with E-state index in [1.807, 2.05) is 42.5 Å². The van der Waals surface area contributed by atoms with Crippen molar-refractivity contribution in [2.45, 2.75) is 0 Å². The second-order valence-corrected chi connectivity index (χ2v) is 5.80. The fraction of sp³-hybridized carbons (Fsp3) is 0.0455. The van der Waals surface area contributed by atoms with Gasteiger partial charge in [0.05, 0.1) is 12.7 Å². The first-order valence-electron chi connectivity index (χ1n) is 7.86. The summed E-state index contributed by atoms with van der Waals surface area (Å²) >= 11 is 0. The molecule has 2 heteroatoms. The first kappa shape index (κ1) is 14.5. The summed E-state index contributed by atoms with van der Waals surface area (Å²) in [5, 5.41) is 2.39. The monoisotopic (exact) mass is 312 g/mol. The lowest BCUT2D eigenvalue weighted by Crippen LogP contribution is -2.03. The van der Waals surface area contributed by atoms with Crippen molar-refractivity contribution in [1.82, 2.24) is 0 Å². The molecule has 0 amide bonds. The van der Waals surface area contributed by atoms with Crippen molar-refractivity contribution in [3.05, 3.63) is 89.0 Å². The van der Waals surface area contributed by atoms with Gasteiger partial charge in [-0.05, 0) is 51.3 Å². The zero-order chi connectivity index (χ0) is 16.5. The van der Waals surface area contributed by atoms with Crippen molar-refractivity contribution in [2.24, 2.45) is 0 Å². The lowest BCUT2D eigenvalue weighted by molar-refractivity contribution is -0.135. The topological polar surface area (TPSA) is 26.3 Å². The number of rotatable bonds is 2. The molecule has 0 atom stereocenters. The average Bonchev–Trinajstić information content (AvgIpc) is 2.99. The molecule has 0 radical (unpaired) electrons. The molecular weight excluding hydrogens is 296 g/mol. The van der Waals surface area contributed by atoms with E-state index in [4.69, 9.17) is 4.74 Å². The molecule has 0 saturated carbocycles. The van der Waals surface area contributed by atoms with E-state index in [0.29, 0.717) is 5.57 Å². The van der Waals surface area contributed by atoms with Crippen LogP contribution < -0.4 is 0 Å². The van der Waals surface area contributed by atoms with Crippen LogP contribution in [-0.2, 0) is 9.53 Å². The smallest absolute Gasteiger partial charge is 0.338 e. The number of carbonyl (C=O) groups is 1. The number of methoxy groups -OCH3 is 1. The number of hydrogen-bond acceptors (Lipinski definition) is 2. The molecule has 116 valence electrons. The number of ether oxygens (including phenoxy) is 1. The van der Waals surface area contributed by atoms with Gasteiger partial charge in [-0.25, -0.2) is 4.79 Å². The van der Waals surface area contributed by atoms with E-state index >= 15 is 0 Å². The summed E-state index contributed by atoms with van der Waals surface area (Å²) in [6, 6.07) is 22.6. The van der Waals surface area contributed by atoms with Crippen LogP contribution in [0.5, 0.6) is 0 Å². The van der Waals surface area contributed by atoms with Gasteiger partial charge in [-0.3, -0.25) is 0 Å². The molecule has 0 saturated heterocycles. The molecule has 0 fully saturated rings. The number of hydrogen-bond donors (Lipinski definition) is 0. The van der Waals surface area contributed by atoms with Crippen LogP contribution in [0.1, 0.15) is 16.7 Å². The average molecular weight is 312 g/mol. The molecule has 0 unspecified atom stereocenters. The summed E-state index contributed by atoms with van der Waals surface area (Å²) < 4.78 is 4.96. The van der Waals surface area contributed by atoms with Crippen molar-refractivity contribution >= 4 is 34.5 Å². The lowest BCUT2D eigenvalue weighted by Gasteiger charge is -2.07. The lowest BCUT2D eigenvalue weighted by atomic mass is 9.98. The molecule has 4 rings (SSSR count). The highest BCUT2D eigenvalue weighted by Crippen LogP contribution is 2.37. The molecule has 0 heterocycles. The first-order chi connectivity index (χ1) is 11.8. The van der Waals surface area contributed by atoms with Crippen LogP contribution in [0, 0.1) is 0 Å². The van der Waals surface area contributed by atoms with Crippen molar-refractivity contribution in [1.29, 1.82) is 0 Å². The maximum absolute atomic E-state index is 12.2. The Balaban J connectivity index is 1.86. The molecule has 0 aromatic heterocycles. The Morgan fingerprint density at radius 2 is 1.67 bits per heavy atom. The highest BCUT2D eigenvalue weighted by Gasteiger charge is 2.24. The van der Waals surface area contributed by atoms with Gasteiger partial charge in [0.2, 0.25) is 0 Å². The van der Waals surface area contributed by atoms with Gasteiger partial charge < -0.3 is 4.74 Å². The third-order valence-corrected chi connectivity index (χ3v) is 4.33. The van der Waals surface area contributed by atoms with Crippen molar-refractivity contribution in [3.63, 3.8) is 0 Å². The quantitative estimate of drug-likeness (QED) is 0.626. The molecule has 24 heavy (non-hydrogen) atoms.